The molecular formula is C10H11F3O2. The summed E-state index contributed by atoms with van der Waals surface area (Å²) in [7, 11) is 0. The topological polar surface area (TPSA) is 37.3 Å². The van der Waals surface area contributed by atoms with Crippen molar-refractivity contribution in [1.82, 2.24) is 0 Å². The number of rotatable bonds is 1. The maximum Gasteiger partial charge on any atom is 0.457 e. The van der Waals surface area contributed by atoms with E-state index in [-0.39, 0.29) is 5.92 Å². The summed E-state index contributed by atoms with van der Waals surface area (Å²) >= 11 is 0. The highest BCUT2D eigenvalue weighted by Gasteiger charge is 2.27. The lowest BCUT2D eigenvalue weighted by molar-refractivity contribution is -0.142. The highest BCUT2D eigenvalue weighted by atomic mass is 19.4. The molecule has 0 unspecified atom stereocenters. The maximum atomic E-state index is 11.7. The predicted molar refractivity (Wildman–Crippen MR) is 46.9 cm³/mol. The molecule has 0 amide bonds. The van der Waals surface area contributed by atoms with Crippen molar-refractivity contribution in [2.75, 3.05) is 0 Å². The average Bonchev–Trinajstić information content (AvgIpc) is 2.14. The third kappa shape index (κ3) is 4.24. The number of carboxylic acid groups (broad SMARTS) is 1. The normalized spacial score (nSPS) is 26.6. The number of hydrogen-bond acceptors (Lipinski definition) is 1. The third-order valence-electron chi connectivity index (χ3n) is 2.49. The van der Waals surface area contributed by atoms with Gasteiger partial charge >= 0.3 is 12.1 Å². The van der Waals surface area contributed by atoms with Gasteiger partial charge in [-0.1, -0.05) is 5.92 Å². The Morgan fingerprint density at radius 2 is 1.73 bits per heavy atom. The van der Waals surface area contributed by atoms with Crippen molar-refractivity contribution in [1.29, 1.82) is 0 Å². The van der Waals surface area contributed by atoms with Crippen LogP contribution in [0.15, 0.2) is 0 Å². The molecule has 84 valence electrons. The Labute approximate surface area is 85.5 Å². The SMILES string of the molecule is O=C(O)[C@H]1CC[C@H](C#CC(F)(F)F)CC1. The summed E-state index contributed by atoms with van der Waals surface area (Å²) in [5, 5.41) is 8.67. The number of alkyl halides is 3. The van der Waals surface area contributed by atoms with Crippen molar-refractivity contribution in [3.8, 4) is 11.8 Å². The van der Waals surface area contributed by atoms with Crippen molar-refractivity contribution in [3.63, 3.8) is 0 Å². The average molecular weight is 220 g/mol. The minimum Gasteiger partial charge on any atom is -0.481 e. The molecule has 1 saturated carbocycles. The van der Waals surface area contributed by atoms with Gasteiger partial charge in [-0.05, 0) is 25.7 Å². The lowest BCUT2D eigenvalue weighted by Gasteiger charge is -2.22. The van der Waals surface area contributed by atoms with Crippen LogP contribution in [0.25, 0.3) is 0 Å². The molecule has 2 nitrogen and oxygen atoms in total. The smallest absolute Gasteiger partial charge is 0.457 e. The van der Waals surface area contributed by atoms with Crippen LogP contribution in [0.5, 0.6) is 0 Å². The molecular weight excluding hydrogens is 209 g/mol. The number of halogens is 3. The lowest BCUT2D eigenvalue weighted by atomic mass is 9.82. The van der Waals surface area contributed by atoms with Gasteiger partial charge in [0.15, 0.2) is 0 Å². The zero-order valence-corrected chi connectivity index (χ0v) is 7.97. The number of aliphatic carboxylic acids is 1. The van der Waals surface area contributed by atoms with Gasteiger partial charge in [0.25, 0.3) is 0 Å². The van der Waals surface area contributed by atoms with Gasteiger partial charge in [0.2, 0.25) is 0 Å². The van der Waals surface area contributed by atoms with E-state index in [1.165, 1.54) is 5.92 Å². The molecule has 1 aliphatic rings. The van der Waals surface area contributed by atoms with E-state index in [1.54, 1.807) is 0 Å². The van der Waals surface area contributed by atoms with Crippen LogP contribution in [-0.2, 0) is 4.79 Å². The molecule has 0 aromatic carbocycles. The molecule has 0 bridgehead atoms. The van der Waals surface area contributed by atoms with Gasteiger partial charge in [-0.25, -0.2) is 0 Å². The fourth-order valence-electron chi connectivity index (χ4n) is 1.67. The summed E-state index contributed by atoms with van der Waals surface area (Å²) in [5.41, 5.74) is 0. The molecule has 0 aromatic heterocycles. The van der Waals surface area contributed by atoms with E-state index in [4.69, 9.17) is 5.11 Å². The highest BCUT2D eigenvalue weighted by Crippen LogP contribution is 2.28. The first-order valence-corrected chi connectivity index (χ1v) is 4.71. The first kappa shape index (κ1) is 11.9. The Bertz CT molecular complexity index is 290. The van der Waals surface area contributed by atoms with Crippen molar-refractivity contribution < 1.29 is 23.1 Å². The lowest BCUT2D eigenvalue weighted by Crippen LogP contribution is -2.20. The van der Waals surface area contributed by atoms with E-state index < -0.39 is 18.1 Å². The summed E-state index contributed by atoms with van der Waals surface area (Å²) in [5.74, 6) is 1.82. The third-order valence-corrected chi connectivity index (χ3v) is 2.49. The second-order valence-corrected chi connectivity index (χ2v) is 3.65. The van der Waals surface area contributed by atoms with E-state index in [2.05, 4.69) is 5.92 Å². The van der Waals surface area contributed by atoms with Crippen LogP contribution >= 0.6 is 0 Å². The summed E-state index contributed by atoms with van der Waals surface area (Å²) in [6.07, 6.45) is -2.71. The van der Waals surface area contributed by atoms with Crippen molar-refractivity contribution in [2.45, 2.75) is 31.9 Å². The second kappa shape index (κ2) is 4.56. The molecule has 1 aliphatic carbocycles. The minimum absolute atomic E-state index is 0.303. The zero-order chi connectivity index (χ0) is 11.5. The van der Waals surface area contributed by atoms with E-state index in [1.807, 2.05) is 0 Å². The molecule has 0 aliphatic heterocycles. The molecule has 1 fully saturated rings. The molecule has 0 saturated heterocycles. The molecule has 0 spiro atoms. The van der Waals surface area contributed by atoms with Crippen LogP contribution in [0.2, 0.25) is 0 Å². The van der Waals surface area contributed by atoms with Gasteiger partial charge in [-0.15, -0.1) is 0 Å². The molecule has 5 heteroatoms. The van der Waals surface area contributed by atoms with Crippen LogP contribution in [0.3, 0.4) is 0 Å². The quantitative estimate of drug-likeness (QED) is 0.689. The zero-order valence-electron chi connectivity index (χ0n) is 7.97. The fraction of sp³-hybridized carbons (Fsp3) is 0.700. The van der Waals surface area contributed by atoms with Crippen molar-refractivity contribution in [3.05, 3.63) is 0 Å². The van der Waals surface area contributed by atoms with Crippen LogP contribution in [-0.4, -0.2) is 17.3 Å². The van der Waals surface area contributed by atoms with Crippen LogP contribution in [0, 0.1) is 23.7 Å². The largest absolute Gasteiger partial charge is 0.481 e. The first-order valence-electron chi connectivity index (χ1n) is 4.71. The Balaban J connectivity index is 2.44. The molecule has 0 heterocycles. The van der Waals surface area contributed by atoms with Gasteiger partial charge in [0.05, 0.1) is 5.92 Å². The molecule has 15 heavy (non-hydrogen) atoms. The standard InChI is InChI=1S/C10H11F3O2/c11-10(12,13)6-5-7-1-3-8(4-2-7)9(14)15/h7-8H,1-4H2,(H,14,15)/t7-,8-. The molecule has 1 N–H and O–H groups in total. The monoisotopic (exact) mass is 220 g/mol. The van der Waals surface area contributed by atoms with Gasteiger partial charge in [-0.3, -0.25) is 4.79 Å². The minimum atomic E-state index is -4.44. The van der Waals surface area contributed by atoms with Gasteiger partial charge in [0.1, 0.15) is 0 Å². The van der Waals surface area contributed by atoms with E-state index >= 15 is 0 Å². The maximum absolute atomic E-state index is 11.7. The Hall–Kier alpha value is -1.18. The Kier molecular flexibility index (Phi) is 3.61. The number of hydrogen-bond donors (Lipinski definition) is 1. The molecule has 1 rings (SSSR count). The summed E-state index contributed by atoms with van der Waals surface area (Å²) in [4.78, 5) is 10.6. The van der Waals surface area contributed by atoms with Crippen molar-refractivity contribution in [2.24, 2.45) is 11.8 Å². The number of carboxylic acids is 1. The fourth-order valence-corrected chi connectivity index (χ4v) is 1.67. The second-order valence-electron chi connectivity index (χ2n) is 3.65. The van der Waals surface area contributed by atoms with E-state index in [0.717, 1.165) is 0 Å². The van der Waals surface area contributed by atoms with Gasteiger partial charge < -0.3 is 5.11 Å². The molecule has 0 radical (unpaired) electrons. The Morgan fingerprint density at radius 1 is 1.20 bits per heavy atom. The number of carbonyl (C=O) groups is 1. The van der Waals surface area contributed by atoms with Crippen LogP contribution in [0.1, 0.15) is 25.7 Å². The van der Waals surface area contributed by atoms with Crippen molar-refractivity contribution >= 4 is 5.97 Å². The highest BCUT2D eigenvalue weighted by molar-refractivity contribution is 5.70. The first-order chi connectivity index (χ1) is 6.88. The van der Waals surface area contributed by atoms with Crippen LogP contribution in [0.4, 0.5) is 13.2 Å². The summed E-state index contributed by atoms with van der Waals surface area (Å²) in [6.45, 7) is 0. The van der Waals surface area contributed by atoms with Gasteiger partial charge in [-0.2, -0.15) is 13.2 Å². The Morgan fingerprint density at radius 3 is 2.13 bits per heavy atom. The summed E-state index contributed by atoms with van der Waals surface area (Å²) < 4.78 is 35.2. The molecule has 0 aromatic rings. The van der Waals surface area contributed by atoms with E-state index in [9.17, 15) is 18.0 Å². The van der Waals surface area contributed by atoms with Crippen LogP contribution < -0.4 is 0 Å². The van der Waals surface area contributed by atoms with E-state index in [0.29, 0.717) is 25.7 Å². The summed E-state index contributed by atoms with van der Waals surface area (Å²) in [6, 6.07) is 0. The predicted octanol–water partition coefficient (Wildman–Crippen LogP) is 2.44. The van der Waals surface area contributed by atoms with Gasteiger partial charge in [0, 0.05) is 11.8 Å². The molecule has 0 atom stereocenters.